The Bertz CT molecular complexity index is 895. The van der Waals surface area contributed by atoms with Crippen molar-refractivity contribution in [3.05, 3.63) is 42.9 Å². The number of hydrogen-bond donors (Lipinski definition) is 1. The lowest BCUT2D eigenvalue weighted by molar-refractivity contribution is 0.222. The number of nitrogens with zero attached hydrogens (tertiary/aromatic N) is 4. The Morgan fingerprint density at radius 2 is 1.92 bits per heavy atom. The molecule has 3 heterocycles. The van der Waals surface area contributed by atoms with E-state index in [1.165, 1.54) is 0 Å². The normalized spacial score (nSPS) is 14.3. The van der Waals surface area contributed by atoms with E-state index in [9.17, 15) is 4.79 Å². The minimum atomic E-state index is -0.0669. The number of rotatable bonds is 2. The Balaban J connectivity index is 1.62. The molecule has 4 rings (SSSR count). The highest BCUT2D eigenvalue weighted by Gasteiger charge is 2.18. The first-order chi connectivity index (χ1) is 11.7. The third-order valence-corrected chi connectivity index (χ3v) is 4.39. The number of aromatic nitrogens is 3. The van der Waals surface area contributed by atoms with Crippen molar-refractivity contribution in [2.45, 2.75) is 12.8 Å². The van der Waals surface area contributed by atoms with Gasteiger partial charge >= 0.3 is 6.03 Å². The summed E-state index contributed by atoms with van der Waals surface area (Å²) < 4.78 is 1.79. The molecule has 122 valence electrons. The second-order valence-corrected chi connectivity index (χ2v) is 6.16. The van der Waals surface area contributed by atoms with Crippen molar-refractivity contribution >= 4 is 22.6 Å². The quantitative estimate of drug-likeness (QED) is 0.788. The molecule has 3 aromatic rings. The number of pyridine rings is 1. The lowest BCUT2D eigenvalue weighted by Gasteiger charge is -2.15. The molecule has 0 atom stereocenters. The van der Waals surface area contributed by atoms with Crippen LogP contribution in [0.25, 0.3) is 21.9 Å². The Morgan fingerprint density at radius 3 is 2.67 bits per heavy atom. The molecule has 2 aromatic heterocycles. The summed E-state index contributed by atoms with van der Waals surface area (Å²) in [7, 11) is 1.90. The van der Waals surface area contributed by atoms with Crippen LogP contribution in [-0.4, -0.2) is 38.8 Å². The van der Waals surface area contributed by atoms with Gasteiger partial charge < -0.3 is 4.90 Å². The van der Waals surface area contributed by atoms with E-state index in [4.69, 9.17) is 0 Å². The molecule has 6 heteroatoms. The summed E-state index contributed by atoms with van der Waals surface area (Å²) in [6, 6.07) is 8.05. The predicted molar refractivity (Wildman–Crippen MR) is 93.8 cm³/mol. The van der Waals surface area contributed by atoms with Gasteiger partial charge in [-0.1, -0.05) is 12.1 Å². The molecule has 6 nitrogen and oxygen atoms in total. The molecule has 0 bridgehead atoms. The van der Waals surface area contributed by atoms with Crippen LogP contribution >= 0.6 is 0 Å². The van der Waals surface area contributed by atoms with E-state index in [2.05, 4.69) is 27.5 Å². The van der Waals surface area contributed by atoms with Crippen LogP contribution in [0.3, 0.4) is 0 Å². The number of hydrogen-bond acceptors (Lipinski definition) is 3. The number of fused-ring (bicyclic) bond motifs is 1. The standard InChI is InChI=1S/C18H19N5O/c1-22-12-16(11-20-22)13-4-5-14-10-19-17(9-15(14)8-13)21-18(24)23-6-2-3-7-23/h4-5,8-12H,2-3,6-7H2,1H3,(H,19,21,24). The zero-order valence-corrected chi connectivity index (χ0v) is 13.6. The third-order valence-electron chi connectivity index (χ3n) is 4.39. The van der Waals surface area contributed by atoms with Crippen LogP contribution in [0.5, 0.6) is 0 Å². The SMILES string of the molecule is Cn1cc(-c2ccc3cnc(NC(=O)N4CCCC4)cc3c2)cn1. The summed E-state index contributed by atoms with van der Waals surface area (Å²) in [5, 5.41) is 9.20. The molecule has 0 radical (unpaired) electrons. The van der Waals surface area contributed by atoms with Gasteiger partial charge in [0.15, 0.2) is 0 Å². The molecule has 2 amide bonds. The van der Waals surface area contributed by atoms with Crippen molar-refractivity contribution in [1.29, 1.82) is 0 Å². The van der Waals surface area contributed by atoms with Crippen molar-refractivity contribution in [2.75, 3.05) is 18.4 Å². The zero-order valence-electron chi connectivity index (χ0n) is 13.6. The summed E-state index contributed by atoms with van der Waals surface area (Å²) >= 11 is 0. The summed E-state index contributed by atoms with van der Waals surface area (Å²) in [6.07, 6.45) is 7.78. The summed E-state index contributed by atoms with van der Waals surface area (Å²) in [5.74, 6) is 0.586. The third kappa shape index (κ3) is 2.82. The number of amides is 2. The molecular weight excluding hydrogens is 302 g/mol. The number of anilines is 1. The number of nitrogens with one attached hydrogen (secondary N) is 1. The molecule has 0 saturated carbocycles. The number of aryl methyl sites for hydroxylation is 1. The van der Waals surface area contributed by atoms with Gasteiger partial charge in [-0.15, -0.1) is 0 Å². The monoisotopic (exact) mass is 321 g/mol. The minimum Gasteiger partial charge on any atom is -0.324 e. The molecule has 24 heavy (non-hydrogen) atoms. The van der Waals surface area contributed by atoms with Crippen molar-refractivity contribution in [3.8, 4) is 11.1 Å². The first-order valence-corrected chi connectivity index (χ1v) is 8.14. The molecule has 1 aliphatic rings. The van der Waals surface area contributed by atoms with Crippen LogP contribution < -0.4 is 5.32 Å². The van der Waals surface area contributed by atoms with Gasteiger partial charge in [-0.3, -0.25) is 10.00 Å². The Morgan fingerprint density at radius 1 is 1.08 bits per heavy atom. The van der Waals surface area contributed by atoms with Crippen LogP contribution in [-0.2, 0) is 7.05 Å². The summed E-state index contributed by atoms with van der Waals surface area (Å²) in [6.45, 7) is 1.65. The average molecular weight is 321 g/mol. The van der Waals surface area contributed by atoms with Crippen LogP contribution in [0.4, 0.5) is 10.6 Å². The lowest BCUT2D eigenvalue weighted by atomic mass is 10.1. The van der Waals surface area contributed by atoms with Crippen LogP contribution in [0, 0.1) is 0 Å². The van der Waals surface area contributed by atoms with Gasteiger partial charge in [-0.05, 0) is 35.9 Å². The molecule has 1 aromatic carbocycles. The van der Waals surface area contributed by atoms with E-state index in [-0.39, 0.29) is 6.03 Å². The van der Waals surface area contributed by atoms with Gasteiger partial charge in [0.2, 0.25) is 0 Å². The molecule has 0 spiro atoms. The maximum atomic E-state index is 12.2. The fraction of sp³-hybridized carbons (Fsp3) is 0.278. The smallest absolute Gasteiger partial charge is 0.323 e. The van der Waals surface area contributed by atoms with E-state index >= 15 is 0 Å². The maximum absolute atomic E-state index is 12.2. The first kappa shape index (κ1) is 14.7. The van der Waals surface area contributed by atoms with Crippen molar-refractivity contribution in [2.24, 2.45) is 7.05 Å². The minimum absolute atomic E-state index is 0.0669. The Hall–Kier alpha value is -2.89. The number of carbonyl (C=O) groups is 1. The lowest BCUT2D eigenvalue weighted by Crippen LogP contribution is -2.32. The van der Waals surface area contributed by atoms with Crippen molar-refractivity contribution in [3.63, 3.8) is 0 Å². The van der Waals surface area contributed by atoms with E-state index < -0.39 is 0 Å². The van der Waals surface area contributed by atoms with E-state index in [0.29, 0.717) is 5.82 Å². The molecule has 1 aliphatic heterocycles. The number of likely N-dealkylation sites (tertiary alicyclic amines) is 1. The maximum Gasteiger partial charge on any atom is 0.323 e. The van der Waals surface area contributed by atoms with Gasteiger partial charge in [0.05, 0.1) is 6.20 Å². The highest BCUT2D eigenvalue weighted by Crippen LogP contribution is 2.25. The van der Waals surface area contributed by atoms with Gasteiger partial charge in [-0.25, -0.2) is 9.78 Å². The fourth-order valence-corrected chi connectivity index (χ4v) is 3.07. The highest BCUT2D eigenvalue weighted by atomic mass is 16.2. The largest absolute Gasteiger partial charge is 0.324 e. The highest BCUT2D eigenvalue weighted by molar-refractivity contribution is 5.93. The second-order valence-electron chi connectivity index (χ2n) is 6.16. The Labute approximate surface area is 140 Å². The second kappa shape index (κ2) is 5.96. The summed E-state index contributed by atoms with van der Waals surface area (Å²) in [5.41, 5.74) is 2.16. The molecular formula is C18H19N5O. The molecule has 1 saturated heterocycles. The van der Waals surface area contributed by atoms with E-state index in [1.807, 2.05) is 36.5 Å². The van der Waals surface area contributed by atoms with E-state index in [1.54, 1.807) is 10.9 Å². The molecule has 1 N–H and O–H groups in total. The molecule has 0 aliphatic carbocycles. The van der Waals surface area contributed by atoms with Crippen LogP contribution in [0.1, 0.15) is 12.8 Å². The molecule has 1 fully saturated rings. The zero-order chi connectivity index (χ0) is 16.5. The van der Waals surface area contributed by atoms with Gasteiger partial charge in [0.25, 0.3) is 0 Å². The van der Waals surface area contributed by atoms with Crippen LogP contribution in [0.2, 0.25) is 0 Å². The van der Waals surface area contributed by atoms with E-state index in [0.717, 1.165) is 47.8 Å². The number of carbonyl (C=O) groups excluding carboxylic acids is 1. The Kier molecular flexibility index (Phi) is 3.65. The van der Waals surface area contributed by atoms with Gasteiger partial charge in [-0.2, -0.15) is 5.10 Å². The summed E-state index contributed by atoms with van der Waals surface area (Å²) in [4.78, 5) is 18.4. The fourth-order valence-electron chi connectivity index (χ4n) is 3.07. The van der Waals surface area contributed by atoms with Crippen LogP contribution in [0.15, 0.2) is 42.9 Å². The first-order valence-electron chi connectivity index (χ1n) is 8.14. The van der Waals surface area contributed by atoms with Crippen molar-refractivity contribution < 1.29 is 4.79 Å². The molecule has 0 unspecified atom stereocenters. The van der Waals surface area contributed by atoms with Gasteiger partial charge in [0.1, 0.15) is 5.82 Å². The number of benzene rings is 1. The van der Waals surface area contributed by atoms with Crippen molar-refractivity contribution in [1.82, 2.24) is 19.7 Å². The number of urea groups is 1. The predicted octanol–water partition coefficient (Wildman–Crippen LogP) is 3.26. The topological polar surface area (TPSA) is 63.1 Å². The average Bonchev–Trinajstić information content (AvgIpc) is 3.25. The van der Waals surface area contributed by atoms with Gasteiger partial charge in [0, 0.05) is 43.5 Å².